The van der Waals surface area contributed by atoms with Crippen molar-refractivity contribution in [1.29, 1.82) is 0 Å². The molecule has 0 saturated carbocycles. The number of H-pyrrole nitrogens is 2. The zero-order valence-electron chi connectivity index (χ0n) is 13.2. The molecule has 0 bridgehead atoms. The van der Waals surface area contributed by atoms with E-state index in [1.54, 1.807) is 32.4 Å². The molecule has 3 rings (SSSR count). The van der Waals surface area contributed by atoms with E-state index >= 15 is 0 Å². The molecule has 7 nitrogen and oxygen atoms in total. The van der Waals surface area contributed by atoms with Crippen molar-refractivity contribution < 1.29 is 9.47 Å². The van der Waals surface area contributed by atoms with Crippen LogP contribution in [0.3, 0.4) is 0 Å². The van der Waals surface area contributed by atoms with E-state index in [4.69, 9.17) is 9.47 Å². The van der Waals surface area contributed by atoms with E-state index in [0.29, 0.717) is 22.9 Å². The maximum atomic E-state index is 12.0. The summed E-state index contributed by atoms with van der Waals surface area (Å²) in [6.45, 7) is 0. The van der Waals surface area contributed by atoms with Gasteiger partial charge in [0.05, 0.1) is 25.6 Å². The number of methoxy groups -OCH3 is 2. The monoisotopic (exact) mass is 324 g/mol. The van der Waals surface area contributed by atoms with Crippen molar-refractivity contribution in [2.24, 2.45) is 10.2 Å². The average Bonchev–Trinajstić information content (AvgIpc) is 3.01. The summed E-state index contributed by atoms with van der Waals surface area (Å²) >= 11 is 0. The molecule has 0 aliphatic heterocycles. The fourth-order valence-electron chi connectivity index (χ4n) is 2.21. The van der Waals surface area contributed by atoms with Crippen LogP contribution in [0.2, 0.25) is 0 Å². The molecule has 0 amide bonds. The van der Waals surface area contributed by atoms with Crippen molar-refractivity contribution in [2.45, 2.75) is 0 Å². The first-order chi connectivity index (χ1) is 11.7. The smallest absolute Gasteiger partial charge is 0.292 e. The molecule has 2 N–H and O–H groups in total. The molecule has 0 aliphatic carbocycles. The van der Waals surface area contributed by atoms with Gasteiger partial charge in [0.1, 0.15) is 11.5 Å². The van der Waals surface area contributed by atoms with Gasteiger partial charge >= 0.3 is 0 Å². The van der Waals surface area contributed by atoms with Gasteiger partial charge in [-0.25, -0.2) is 0 Å². The van der Waals surface area contributed by atoms with Gasteiger partial charge in [0.2, 0.25) is 0 Å². The Hall–Kier alpha value is -3.35. The Balaban J connectivity index is 1.98. The van der Waals surface area contributed by atoms with Crippen molar-refractivity contribution in [3.8, 4) is 22.8 Å². The lowest BCUT2D eigenvalue weighted by molar-refractivity contribution is 0.415. The summed E-state index contributed by atoms with van der Waals surface area (Å²) in [6, 6.07) is 14.4. The van der Waals surface area contributed by atoms with E-state index < -0.39 is 0 Å². The Bertz CT molecular complexity index is 927. The Morgan fingerprint density at radius 3 is 2.33 bits per heavy atom. The number of ether oxygens (including phenoxy) is 2. The predicted molar refractivity (Wildman–Crippen MR) is 90.6 cm³/mol. The minimum atomic E-state index is -0.348. The van der Waals surface area contributed by atoms with Gasteiger partial charge in [-0.2, -0.15) is 5.11 Å². The highest BCUT2D eigenvalue weighted by molar-refractivity contribution is 5.72. The number of azo groups is 1. The predicted octanol–water partition coefficient (Wildman–Crippen LogP) is 3.80. The molecule has 24 heavy (non-hydrogen) atoms. The standard InChI is InChI=1S/C17H16N4O3/c1-23-13-7-3-5-11(9-13)15-16(17(22)21-19-15)20-18-12-6-4-8-14(10-12)24-2/h3-10H,1-2H3,(H2,19,21,22). The average molecular weight is 324 g/mol. The summed E-state index contributed by atoms with van der Waals surface area (Å²) in [6.07, 6.45) is 0. The fraction of sp³-hybridized carbons (Fsp3) is 0.118. The van der Waals surface area contributed by atoms with Crippen LogP contribution < -0.4 is 15.0 Å². The van der Waals surface area contributed by atoms with Crippen LogP contribution in [0.5, 0.6) is 11.5 Å². The van der Waals surface area contributed by atoms with Gasteiger partial charge in [0.25, 0.3) is 5.56 Å². The third-order valence-electron chi connectivity index (χ3n) is 3.43. The van der Waals surface area contributed by atoms with Crippen molar-refractivity contribution >= 4 is 11.4 Å². The molecule has 7 heteroatoms. The number of nitrogens with one attached hydrogen (secondary N) is 2. The summed E-state index contributed by atoms with van der Waals surface area (Å²) < 4.78 is 10.4. The van der Waals surface area contributed by atoms with Gasteiger partial charge in [0.15, 0.2) is 5.69 Å². The second kappa shape index (κ2) is 6.82. The molecular formula is C17H16N4O3. The molecule has 0 fully saturated rings. The maximum absolute atomic E-state index is 12.0. The number of benzene rings is 2. The molecule has 0 saturated heterocycles. The van der Waals surface area contributed by atoms with Crippen molar-refractivity contribution in [2.75, 3.05) is 14.2 Å². The Morgan fingerprint density at radius 2 is 1.58 bits per heavy atom. The van der Waals surface area contributed by atoms with E-state index in [1.807, 2.05) is 30.3 Å². The summed E-state index contributed by atoms with van der Waals surface area (Å²) in [4.78, 5) is 12.0. The first kappa shape index (κ1) is 15.5. The van der Waals surface area contributed by atoms with Crippen LogP contribution in [0.15, 0.2) is 63.6 Å². The lowest BCUT2D eigenvalue weighted by atomic mass is 10.1. The Morgan fingerprint density at radius 1 is 0.875 bits per heavy atom. The molecule has 0 radical (unpaired) electrons. The minimum Gasteiger partial charge on any atom is -0.497 e. The van der Waals surface area contributed by atoms with Gasteiger partial charge in [-0.15, -0.1) is 5.11 Å². The second-order valence-electron chi connectivity index (χ2n) is 4.94. The van der Waals surface area contributed by atoms with Gasteiger partial charge in [0, 0.05) is 11.6 Å². The minimum absolute atomic E-state index is 0.200. The SMILES string of the molecule is COc1cccc(N=Nc2c(-c3cccc(OC)c3)[nH][nH]c2=O)c1. The first-order valence-corrected chi connectivity index (χ1v) is 7.22. The van der Waals surface area contributed by atoms with Gasteiger partial charge in [-0.1, -0.05) is 18.2 Å². The summed E-state index contributed by atoms with van der Waals surface area (Å²) in [5.74, 6) is 1.35. The zero-order chi connectivity index (χ0) is 16.9. The topological polar surface area (TPSA) is 91.8 Å². The van der Waals surface area contributed by atoms with Gasteiger partial charge < -0.3 is 9.47 Å². The quantitative estimate of drug-likeness (QED) is 0.699. The Labute approximate surface area is 138 Å². The molecule has 1 heterocycles. The fourth-order valence-corrected chi connectivity index (χ4v) is 2.21. The van der Waals surface area contributed by atoms with Gasteiger partial charge in [-0.3, -0.25) is 15.0 Å². The van der Waals surface area contributed by atoms with Crippen molar-refractivity contribution in [3.63, 3.8) is 0 Å². The number of hydrogen-bond donors (Lipinski definition) is 2. The molecule has 122 valence electrons. The number of aromatic nitrogens is 2. The lowest BCUT2D eigenvalue weighted by Gasteiger charge is -2.03. The van der Waals surface area contributed by atoms with Crippen LogP contribution in [0.4, 0.5) is 11.4 Å². The normalized spacial score (nSPS) is 10.9. The largest absolute Gasteiger partial charge is 0.497 e. The summed E-state index contributed by atoms with van der Waals surface area (Å²) in [7, 11) is 3.16. The highest BCUT2D eigenvalue weighted by atomic mass is 16.5. The van der Waals surface area contributed by atoms with Crippen LogP contribution in [-0.2, 0) is 0 Å². The summed E-state index contributed by atoms with van der Waals surface area (Å²) in [5, 5.41) is 13.6. The Kier molecular flexibility index (Phi) is 4.42. The molecule has 0 atom stereocenters. The third kappa shape index (κ3) is 3.19. The molecule has 3 aromatic rings. The molecule has 0 unspecified atom stereocenters. The number of rotatable bonds is 5. The number of hydrogen-bond acceptors (Lipinski definition) is 5. The first-order valence-electron chi connectivity index (χ1n) is 7.22. The van der Waals surface area contributed by atoms with Crippen LogP contribution in [0.25, 0.3) is 11.3 Å². The molecular weight excluding hydrogens is 308 g/mol. The maximum Gasteiger partial charge on any atom is 0.292 e. The molecule has 0 spiro atoms. The van der Waals surface area contributed by atoms with E-state index in [2.05, 4.69) is 20.4 Å². The molecule has 0 aliphatic rings. The summed E-state index contributed by atoms with van der Waals surface area (Å²) in [5.41, 5.74) is 1.76. The van der Waals surface area contributed by atoms with E-state index in [0.717, 1.165) is 5.56 Å². The number of nitrogens with zero attached hydrogens (tertiary/aromatic N) is 2. The van der Waals surface area contributed by atoms with E-state index in [1.165, 1.54) is 0 Å². The highest BCUT2D eigenvalue weighted by Gasteiger charge is 2.12. The zero-order valence-corrected chi connectivity index (χ0v) is 13.2. The van der Waals surface area contributed by atoms with Crippen LogP contribution in [0, 0.1) is 0 Å². The second-order valence-corrected chi connectivity index (χ2v) is 4.94. The van der Waals surface area contributed by atoms with Crippen molar-refractivity contribution in [3.05, 3.63) is 58.9 Å². The van der Waals surface area contributed by atoms with Crippen LogP contribution >= 0.6 is 0 Å². The molecule has 1 aromatic heterocycles. The van der Waals surface area contributed by atoms with E-state index in [9.17, 15) is 4.79 Å². The molecule has 2 aromatic carbocycles. The van der Waals surface area contributed by atoms with Crippen LogP contribution in [-0.4, -0.2) is 24.4 Å². The van der Waals surface area contributed by atoms with E-state index in [-0.39, 0.29) is 11.2 Å². The lowest BCUT2D eigenvalue weighted by Crippen LogP contribution is -1.96. The number of aromatic amines is 2. The third-order valence-corrected chi connectivity index (χ3v) is 3.43. The van der Waals surface area contributed by atoms with Crippen molar-refractivity contribution in [1.82, 2.24) is 10.2 Å². The highest BCUT2D eigenvalue weighted by Crippen LogP contribution is 2.29. The van der Waals surface area contributed by atoms with Crippen LogP contribution in [0.1, 0.15) is 0 Å². The van der Waals surface area contributed by atoms with Gasteiger partial charge in [-0.05, 0) is 24.3 Å².